The van der Waals surface area contributed by atoms with E-state index in [9.17, 15) is 0 Å². The Kier molecular flexibility index (Phi) is 9.14. The first-order valence-electron chi connectivity index (χ1n) is 8.14. The maximum Gasteiger partial charge on any atom is 0.119 e. The van der Waals surface area contributed by atoms with Crippen LogP contribution in [0.25, 0.3) is 0 Å². The van der Waals surface area contributed by atoms with Crippen molar-refractivity contribution in [1.29, 1.82) is 0 Å². The van der Waals surface area contributed by atoms with Gasteiger partial charge in [-0.1, -0.05) is 52.2 Å². The molecule has 0 radical (unpaired) electrons. The molecule has 0 atom stereocenters. The van der Waals surface area contributed by atoms with E-state index in [-0.39, 0.29) is 0 Å². The van der Waals surface area contributed by atoms with Crippen LogP contribution in [0.3, 0.4) is 0 Å². The average molecular weight is 277 g/mol. The van der Waals surface area contributed by atoms with Crippen LogP contribution in [-0.4, -0.2) is 13.2 Å². The van der Waals surface area contributed by atoms with Gasteiger partial charge in [-0.15, -0.1) is 0 Å². The summed E-state index contributed by atoms with van der Waals surface area (Å²) >= 11 is 0. The van der Waals surface area contributed by atoms with E-state index >= 15 is 0 Å². The van der Waals surface area contributed by atoms with Crippen LogP contribution in [0.5, 0.6) is 5.75 Å². The molecule has 0 spiro atoms. The first-order chi connectivity index (χ1) is 9.72. The molecule has 1 aromatic carbocycles. The summed E-state index contributed by atoms with van der Waals surface area (Å²) in [7, 11) is 0. The first kappa shape index (κ1) is 17.0. The second-order valence-corrected chi connectivity index (χ2v) is 5.91. The molecule has 0 saturated heterocycles. The van der Waals surface area contributed by atoms with E-state index in [2.05, 4.69) is 50.4 Å². The second kappa shape index (κ2) is 10.7. The normalized spacial score (nSPS) is 11.0. The lowest BCUT2D eigenvalue weighted by Crippen LogP contribution is -2.14. The van der Waals surface area contributed by atoms with Gasteiger partial charge in [0, 0.05) is 6.54 Å². The van der Waals surface area contributed by atoms with Crippen molar-refractivity contribution in [2.45, 2.75) is 59.4 Å². The van der Waals surface area contributed by atoms with E-state index in [0.717, 1.165) is 37.8 Å². The Morgan fingerprint density at radius 2 is 1.80 bits per heavy atom. The van der Waals surface area contributed by atoms with Crippen molar-refractivity contribution < 1.29 is 4.74 Å². The second-order valence-electron chi connectivity index (χ2n) is 5.91. The zero-order valence-corrected chi connectivity index (χ0v) is 13.5. The lowest BCUT2D eigenvalue weighted by molar-refractivity contribution is 0.309. The van der Waals surface area contributed by atoms with Gasteiger partial charge < -0.3 is 10.1 Å². The van der Waals surface area contributed by atoms with Crippen molar-refractivity contribution >= 4 is 0 Å². The molecule has 2 heteroatoms. The van der Waals surface area contributed by atoms with Gasteiger partial charge in [-0.25, -0.2) is 0 Å². The van der Waals surface area contributed by atoms with Crippen molar-refractivity contribution in [1.82, 2.24) is 5.32 Å². The third-order valence-corrected chi connectivity index (χ3v) is 3.40. The molecule has 1 aromatic rings. The van der Waals surface area contributed by atoms with Gasteiger partial charge in [-0.2, -0.15) is 0 Å². The Balaban J connectivity index is 2.11. The summed E-state index contributed by atoms with van der Waals surface area (Å²) in [4.78, 5) is 0. The highest BCUT2D eigenvalue weighted by molar-refractivity contribution is 5.27. The molecule has 0 heterocycles. The predicted octanol–water partition coefficient (Wildman–Crippen LogP) is 4.78. The number of hydrogen-bond acceptors (Lipinski definition) is 2. The highest BCUT2D eigenvalue weighted by Crippen LogP contribution is 2.12. The van der Waals surface area contributed by atoms with Crippen molar-refractivity contribution in [2.75, 3.05) is 13.2 Å². The molecule has 0 amide bonds. The molecule has 0 saturated carbocycles. The van der Waals surface area contributed by atoms with Gasteiger partial charge in [0.05, 0.1) is 6.61 Å². The number of benzene rings is 1. The maximum absolute atomic E-state index is 5.66. The molecule has 1 N–H and O–H groups in total. The van der Waals surface area contributed by atoms with Gasteiger partial charge in [0.1, 0.15) is 5.75 Å². The molecule has 0 aliphatic carbocycles. The summed E-state index contributed by atoms with van der Waals surface area (Å²) in [6.07, 6.45) is 6.25. The van der Waals surface area contributed by atoms with E-state index in [4.69, 9.17) is 4.74 Å². The van der Waals surface area contributed by atoms with Crippen LogP contribution < -0.4 is 10.1 Å². The van der Waals surface area contributed by atoms with Crippen LogP contribution in [0.15, 0.2) is 24.3 Å². The number of hydrogen-bond donors (Lipinski definition) is 1. The molecule has 0 aliphatic rings. The number of nitrogens with one attached hydrogen (secondary N) is 1. The Bertz CT molecular complexity index is 332. The van der Waals surface area contributed by atoms with E-state index in [1.54, 1.807) is 0 Å². The topological polar surface area (TPSA) is 21.3 Å². The molecule has 0 unspecified atom stereocenters. The summed E-state index contributed by atoms with van der Waals surface area (Å²) in [5.74, 6) is 1.81. The molecule has 20 heavy (non-hydrogen) atoms. The number of rotatable bonds is 11. The van der Waals surface area contributed by atoms with Crippen molar-refractivity contribution in [3.8, 4) is 5.75 Å². The van der Waals surface area contributed by atoms with Crippen LogP contribution in [0.2, 0.25) is 0 Å². The Morgan fingerprint density at radius 1 is 1.05 bits per heavy atom. The van der Waals surface area contributed by atoms with Gasteiger partial charge >= 0.3 is 0 Å². The van der Waals surface area contributed by atoms with Crippen LogP contribution in [-0.2, 0) is 6.54 Å². The SMILES string of the molecule is CCCCOc1ccc(CNCCCCC(C)C)cc1. The Labute approximate surface area is 124 Å². The molecule has 2 nitrogen and oxygen atoms in total. The maximum atomic E-state index is 5.66. The summed E-state index contributed by atoms with van der Waals surface area (Å²) in [5, 5.41) is 3.51. The molecule has 114 valence electrons. The van der Waals surface area contributed by atoms with Crippen molar-refractivity contribution in [2.24, 2.45) is 5.92 Å². The summed E-state index contributed by atoms with van der Waals surface area (Å²) in [6.45, 7) is 9.65. The van der Waals surface area contributed by atoms with Crippen LogP contribution in [0, 0.1) is 5.92 Å². The zero-order chi connectivity index (χ0) is 14.6. The molecule has 0 bridgehead atoms. The van der Waals surface area contributed by atoms with Crippen LogP contribution in [0.4, 0.5) is 0 Å². The molecule has 1 rings (SSSR count). The third-order valence-electron chi connectivity index (χ3n) is 3.40. The standard InChI is InChI=1S/C18H31NO/c1-4-5-14-20-18-11-9-17(10-12-18)15-19-13-7-6-8-16(2)3/h9-12,16,19H,4-8,13-15H2,1-3H3. The van der Waals surface area contributed by atoms with Crippen LogP contribution >= 0.6 is 0 Å². The zero-order valence-electron chi connectivity index (χ0n) is 13.5. The lowest BCUT2D eigenvalue weighted by Gasteiger charge is -2.08. The van der Waals surface area contributed by atoms with E-state index in [1.807, 2.05) is 0 Å². The fourth-order valence-electron chi connectivity index (χ4n) is 2.07. The minimum atomic E-state index is 0.823. The Hall–Kier alpha value is -1.02. The third kappa shape index (κ3) is 8.21. The molecular weight excluding hydrogens is 246 g/mol. The summed E-state index contributed by atoms with van der Waals surface area (Å²) in [5.41, 5.74) is 1.33. The predicted molar refractivity (Wildman–Crippen MR) is 87.2 cm³/mol. The quantitative estimate of drug-likeness (QED) is 0.588. The van der Waals surface area contributed by atoms with Gasteiger partial charge in [0.2, 0.25) is 0 Å². The number of unbranched alkanes of at least 4 members (excludes halogenated alkanes) is 2. The highest BCUT2D eigenvalue weighted by Gasteiger charge is 1.97. The molecule has 0 fully saturated rings. The van der Waals surface area contributed by atoms with Gasteiger partial charge in [0.15, 0.2) is 0 Å². The fourth-order valence-corrected chi connectivity index (χ4v) is 2.07. The minimum absolute atomic E-state index is 0.823. The van der Waals surface area contributed by atoms with Gasteiger partial charge in [-0.3, -0.25) is 0 Å². The Morgan fingerprint density at radius 3 is 2.45 bits per heavy atom. The van der Waals surface area contributed by atoms with Gasteiger partial charge in [-0.05, 0) is 43.0 Å². The highest BCUT2D eigenvalue weighted by atomic mass is 16.5. The molecule has 0 aromatic heterocycles. The smallest absolute Gasteiger partial charge is 0.119 e. The largest absolute Gasteiger partial charge is 0.494 e. The minimum Gasteiger partial charge on any atom is -0.494 e. The van der Waals surface area contributed by atoms with E-state index in [1.165, 1.54) is 31.2 Å². The molecule has 0 aliphatic heterocycles. The van der Waals surface area contributed by atoms with Gasteiger partial charge in [0.25, 0.3) is 0 Å². The van der Waals surface area contributed by atoms with Crippen molar-refractivity contribution in [3.05, 3.63) is 29.8 Å². The van der Waals surface area contributed by atoms with E-state index in [0.29, 0.717) is 0 Å². The first-order valence-corrected chi connectivity index (χ1v) is 8.14. The fraction of sp³-hybridized carbons (Fsp3) is 0.667. The van der Waals surface area contributed by atoms with E-state index < -0.39 is 0 Å². The number of ether oxygens (including phenoxy) is 1. The summed E-state index contributed by atoms with van der Waals surface area (Å²) in [6, 6.07) is 8.46. The van der Waals surface area contributed by atoms with Crippen LogP contribution in [0.1, 0.15) is 58.4 Å². The summed E-state index contributed by atoms with van der Waals surface area (Å²) < 4.78 is 5.66. The van der Waals surface area contributed by atoms with Crippen molar-refractivity contribution in [3.63, 3.8) is 0 Å². The molecular formula is C18H31NO. The monoisotopic (exact) mass is 277 g/mol. The average Bonchev–Trinajstić information content (AvgIpc) is 2.44. The lowest BCUT2D eigenvalue weighted by atomic mass is 10.1.